The van der Waals surface area contributed by atoms with Crippen LogP contribution in [0, 0.1) is 0 Å². The van der Waals surface area contributed by atoms with Crippen LogP contribution in [0.3, 0.4) is 0 Å². The van der Waals surface area contributed by atoms with Gasteiger partial charge >= 0.3 is 0 Å². The normalized spacial score (nSPS) is 24.8. The zero-order valence-corrected chi connectivity index (χ0v) is 13.6. The Morgan fingerprint density at radius 1 is 1.24 bits per heavy atom. The Bertz CT molecular complexity index is 411. The first kappa shape index (κ1) is 16.3. The van der Waals surface area contributed by atoms with Crippen molar-refractivity contribution in [1.29, 1.82) is 0 Å². The molecule has 21 heavy (non-hydrogen) atoms. The van der Waals surface area contributed by atoms with Gasteiger partial charge < -0.3 is 14.8 Å². The van der Waals surface area contributed by atoms with Gasteiger partial charge in [-0.3, -0.25) is 4.90 Å². The van der Waals surface area contributed by atoms with E-state index in [0.29, 0.717) is 18.2 Å². The average molecular weight is 292 g/mol. The highest BCUT2D eigenvalue weighted by atomic mass is 16.5. The predicted molar refractivity (Wildman–Crippen MR) is 85.9 cm³/mol. The van der Waals surface area contributed by atoms with Crippen LogP contribution < -0.4 is 10.1 Å². The van der Waals surface area contributed by atoms with Crippen LogP contribution in [0.25, 0.3) is 0 Å². The second-order valence-corrected chi connectivity index (χ2v) is 5.86. The Labute approximate surface area is 128 Å². The maximum absolute atomic E-state index is 5.82. The van der Waals surface area contributed by atoms with Gasteiger partial charge in [-0.2, -0.15) is 0 Å². The number of hydrogen-bond donors (Lipinski definition) is 1. The summed E-state index contributed by atoms with van der Waals surface area (Å²) in [5, 5.41) is 3.59. The quantitative estimate of drug-likeness (QED) is 0.873. The summed E-state index contributed by atoms with van der Waals surface area (Å²) < 4.78 is 11.1. The number of likely N-dealkylation sites (N-methyl/N-ethyl adjacent to an activating group) is 1. The van der Waals surface area contributed by atoms with Crippen LogP contribution >= 0.6 is 0 Å². The van der Waals surface area contributed by atoms with Crippen molar-refractivity contribution < 1.29 is 9.47 Å². The Kier molecular flexibility index (Phi) is 6.03. The van der Waals surface area contributed by atoms with Crippen LogP contribution in [0.4, 0.5) is 0 Å². The predicted octanol–water partition coefficient (Wildman–Crippen LogP) is 2.46. The fourth-order valence-electron chi connectivity index (χ4n) is 3.06. The van der Waals surface area contributed by atoms with E-state index in [1.165, 1.54) is 5.56 Å². The van der Waals surface area contributed by atoms with Gasteiger partial charge in [0, 0.05) is 25.7 Å². The van der Waals surface area contributed by atoms with Crippen molar-refractivity contribution >= 4 is 0 Å². The van der Waals surface area contributed by atoms with Crippen molar-refractivity contribution in [1.82, 2.24) is 10.2 Å². The molecule has 4 nitrogen and oxygen atoms in total. The van der Waals surface area contributed by atoms with Crippen LogP contribution in [0.1, 0.15) is 32.4 Å². The molecule has 1 heterocycles. The molecule has 3 unspecified atom stereocenters. The number of benzene rings is 1. The Morgan fingerprint density at radius 2 is 1.86 bits per heavy atom. The highest BCUT2D eigenvalue weighted by molar-refractivity contribution is 5.29. The van der Waals surface area contributed by atoms with Gasteiger partial charge in [0.1, 0.15) is 5.75 Å². The van der Waals surface area contributed by atoms with Crippen LogP contribution in [0.2, 0.25) is 0 Å². The maximum Gasteiger partial charge on any atom is 0.118 e. The van der Waals surface area contributed by atoms with Crippen LogP contribution in [-0.4, -0.2) is 50.4 Å². The van der Waals surface area contributed by atoms with Crippen molar-refractivity contribution in [2.45, 2.75) is 39.0 Å². The Hall–Kier alpha value is -1.10. The van der Waals surface area contributed by atoms with Crippen molar-refractivity contribution in [2.24, 2.45) is 0 Å². The number of nitrogens with zero attached hydrogens (tertiary/aromatic N) is 1. The molecule has 0 bridgehead atoms. The van der Waals surface area contributed by atoms with Crippen LogP contribution in [-0.2, 0) is 4.74 Å². The molecule has 4 heteroatoms. The molecule has 1 aliphatic rings. The average Bonchev–Trinajstić information content (AvgIpc) is 2.46. The molecule has 1 N–H and O–H groups in total. The lowest BCUT2D eigenvalue weighted by atomic mass is 10.0. The largest absolute Gasteiger partial charge is 0.497 e. The number of morpholine rings is 1. The molecule has 0 aromatic heterocycles. The van der Waals surface area contributed by atoms with E-state index < -0.39 is 0 Å². The summed E-state index contributed by atoms with van der Waals surface area (Å²) in [6.07, 6.45) is 0.624. The molecule has 1 aliphatic heterocycles. The van der Waals surface area contributed by atoms with E-state index in [0.717, 1.165) is 31.9 Å². The summed E-state index contributed by atoms with van der Waals surface area (Å²) in [5.41, 5.74) is 1.31. The van der Waals surface area contributed by atoms with Crippen LogP contribution in [0.5, 0.6) is 5.75 Å². The minimum Gasteiger partial charge on any atom is -0.497 e. The van der Waals surface area contributed by atoms with Gasteiger partial charge in [0.25, 0.3) is 0 Å². The molecule has 0 amide bonds. The van der Waals surface area contributed by atoms with Crippen molar-refractivity contribution in [3.05, 3.63) is 29.8 Å². The van der Waals surface area contributed by atoms with Gasteiger partial charge in [-0.05, 0) is 38.1 Å². The highest BCUT2D eigenvalue weighted by Gasteiger charge is 2.24. The minimum atomic E-state index is 0.312. The van der Waals surface area contributed by atoms with E-state index >= 15 is 0 Å². The molecule has 1 aromatic carbocycles. The van der Waals surface area contributed by atoms with Gasteiger partial charge in [-0.1, -0.05) is 19.1 Å². The third-order valence-electron chi connectivity index (χ3n) is 3.90. The fraction of sp³-hybridized carbons (Fsp3) is 0.647. The summed E-state index contributed by atoms with van der Waals surface area (Å²) >= 11 is 0. The molecular weight excluding hydrogens is 264 g/mol. The fourth-order valence-corrected chi connectivity index (χ4v) is 3.06. The second kappa shape index (κ2) is 7.78. The van der Waals surface area contributed by atoms with Crippen molar-refractivity contribution in [3.8, 4) is 5.75 Å². The molecule has 1 aromatic rings. The SMILES string of the molecule is CCNC(CN1CC(C)OC(C)C1)c1ccc(OC)cc1. The van der Waals surface area contributed by atoms with E-state index in [2.05, 4.69) is 43.1 Å². The first-order valence-electron chi connectivity index (χ1n) is 7.87. The van der Waals surface area contributed by atoms with E-state index in [4.69, 9.17) is 9.47 Å². The summed E-state index contributed by atoms with van der Waals surface area (Å²) in [6.45, 7) is 10.4. The third kappa shape index (κ3) is 4.70. The molecule has 1 fully saturated rings. The molecule has 0 saturated carbocycles. The van der Waals surface area contributed by atoms with Gasteiger partial charge in [0.2, 0.25) is 0 Å². The Morgan fingerprint density at radius 3 is 2.38 bits per heavy atom. The molecule has 3 atom stereocenters. The van der Waals surface area contributed by atoms with E-state index in [9.17, 15) is 0 Å². The minimum absolute atomic E-state index is 0.312. The summed E-state index contributed by atoms with van der Waals surface area (Å²) in [7, 11) is 1.70. The molecule has 0 spiro atoms. The lowest BCUT2D eigenvalue weighted by Gasteiger charge is -2.37. The zero-order valence-electron chi connectivity index (χ0n) is 13.6. The van der Waals surface area contributed by atoms with E-state index in [1.54, 1.807) is 7.11 Å². The molecule has 0 radical (unpaired) electrons. The first-order valence-corrected chi connectivity index (χ1v) is 7.87. The Balaban J connectivity index is 2.03. The van der Waals surface area contributed by atoms with E-state index in [1.807, 2.05) is 12.1 Å². The van der Waals surface area contributed by atoms with Crippen molar-refractivity contribution in [2.75, 3.05) is 33.3 Å². The van der Waals surface area contributed by atoms with Gasteiger partial charge in [0.05, 0.1) is 19.3 Å². The lowest BCUT2D eigenvalue weighted by molar-refractivity contribution is -0.0699. The molecule has 118 valence electrons. The van der Waals surface area contributed by atoms with Gasteiger partial charge in [-0.15, -0.1) is 0 Å². The summed E-state index contributed by atoms with van der Waals surface area (Å²) in [5.74, 6) is 0.905. The molecular formula is C17H28N2O2. The lowest BCUT2D eigenvalue weighted by Crippen LogP contribution is -2.48. The van der Waals surface area contributed by atoms with Crippen molar-refractivity contribution in [3.63, 3.8) is 0 Å². The highest BCUT2D eigenvalue weighted by Crippen LogP contribution is 2.20. The maximum atomic E-state index is 5.82. The van der Waals surface area contributed by atoms with Crippen LogP contribution in [0.15, 0.2) is 24.3 Å². The standard InChI is InChI=1S/C17H28N2O2/c1-5-18-17(15-6-8-16(20-4)9-7-15)12-19-10-13(2)21-14(3)11-19/h6-9,13-14,17-18H,5,10-12H2,1-4H3. The number of rotatable bonds is 6. The monoisotopic (exact) mass is 292 g/mol. The number of methoxy groups -OCH3 is 1. The third-order valence-corrected chi connectivity index (χ3v) is 3.90. The molecule has 0 aliphatic carbocycles. The number of hydrogen-bond acceptors (Lipinski definition) is 4. The van der Waals surface area contributed by atoms with E-state index in [-0.39, 0.29) is 0 Å². The smallest absolute Gasteiger partial charge is 0.118 e. The first-order chi connectivity index (χ1) is 10.1. The molecule has 1 saturated heterocycles. The number of nitrogens with one attached hydrogen (secondary N) is 1. The summed E-state index contributed by atoms with van der Waals surface area (Å²) in [6, 6.07) is 8.71. The number of ether oxygens (including phenoxy) is 2. The molecule has 2 rings (SSSR count). The topological polar surface area (TPSA) is 33.7 Å². The van der Waals surface area contributed by atoms with Gasteiger partial charge in [-0.25, -0.2) is 0 Å². The summed E-state index contributed by atoms with van der Waals surface area (Å²) in [4.78, 5) is 2.50. The second-order valence-electron chi connectivity index (χ2n) is 5.86. The zero-order chi connectivity index (χ0) is 15.2. The van der Waals surface area contributed by atoms with Gasteiger partial charge in [0.15, 0.2) is 0 Å².